The maximum Gasteiger partial charge on any atom is 0.334 e. The van der Waals surface area contributed by atoms with Crippen LogP contribution in [0.2, 0.25) is 10.0 Å². The third-order valence-electron chi connectivity index (χ3n) is 2.92. The zero-order chi connectivity index (χ0) is 15.8. The molecular weight excluding hydrogens is 348 g/mol. The lowest BCUT2D eigenvalue weighted by Gasteiger charge is -2.30. The van der Waals surface area contributed by atoms with Crippen molar-refractivity contribution in [1.82, 2.24) is 4.31 Å². The molecule has 1 aromatic rings. The van der Waals surface area contributed by atoms with Gasteiger partial charge in [0.1, 0.15) is 4.90 Å². The number of carboxylic acids is 1. The van der Waals surface area contributed by atoms with E-state index in [4.69, 9.17) is 33.0 Å². The number of morpholine rings is 1. The van der Waals surface area contributed by atoms with Crippen molar-refractivity contribution in [1.29, 1.82) is 0 Å². The summed E-state index contributed by atoms with van der Waals surface area (Å²) in [5, 5.41) is 7.95. The van der Waals surface area contributed by atoms with Gasteiger partial charge in [0.15, 0.2) is 11.9 Å². The first-order valence-electron chi connectivity index (χ1n) is 5.73. The standard InChI is InChI=1S/C11H10Cl2FNO5S/c12-6-1-2-8(9(13)10(6)14)21(18,19)15-3-4-20-7(5-15)11(16)17/h1-2,7H,3-5H2,(H,16,17). The van der Waals surface area contributed by atoms with Gasteiger partial charge in [-0.3, -0.25) is 0 Å². The van der Waals surface area contributed by atoms with Gasteiger partial charge in [-0.15, -0.1) is 0 Å². The number of benzene rings is 1. The monoisotopic (exact) mass is 357 g/mol. The van der Waals surface area contributed by atoms with Crippen LogP contribution >= 0.6 is 23.2 Å². The number of aliphatic carboxylic acids is 1. The molecule has 1 aliphatic heterocycles. The van der Waals surface area contributed by atoms with Crippen LogP contribution in [0.25, 0.3) is 0 Å². The van der Waals surface area contributed by atoms with Crippen LogP contribution in [0.4, 0.5) is 4.39 Å². The van der Waals surface area contributed by atoms with E-state index in [1.165, 1.54) is 0 Å². The van der Waals surface area contributed by atoms with Gasteiger partial charge in [-0.1, -0.05) is 23.2 Å². The van der Waals surface area contributed by atoms with E-state index in [0.29, 0.717) is 0 Å². The van der Waals surface area contributed by atoms with Crippen molar-refractivity contribution < 1.29 is 27.4 Å². The highest BCUT2D eigenvalue weighted by Gasteiger charge is 2.35. The SMILES string of the molecule is O=C(O)C1CN(S(=O)(=O)c2ccc(Cl)c(F)c2Cl)CCO1. The first-order chi connectivity index (χ1) is 9.75. The van der Waals surface area contributed by atoms with E-state index in [1.807, 2.05) is 0 Å². The number of ether oxygens (including phenoxy) is 1. The number of carboxylic acid groups (broad SMARTS) is 1. The second kappa shape index (κ2) is 6.05. The molecule has 1 heterocycles. The first kappa shape index (κ1) is 16.4. The number of carbonyl (C=O) groups is 1. The molecule has 1 aliphatic rings. The molecule has 0 spiro atoms. The number of rotatable bonds is 3. The molecule has 0 radical (unpaired) electrons. The Hall–Kier alpha value is -0.930. The molecule has 2 rings (SSSR count). The van der Waals surface area contributed by atoms with Crippen molar-refractivity contribution in [2.75, 3.05) is 19.7 Å². The summed E-state index contributed by atoms with van der Waals surface area (Å²) >= 11 is 11.2. The molecule has 0 amide bonds. The topological polar surface area (TPSA) is 83.9 Å². The van der Waals surface area contributed by atoms with E-state index in [0.717, 1.165) is 16.4 Å². The predicted molar refractivity (Wildman–Crippen MR) is 72.6 cm³/mol. The molecule has 21 heavy (non-hydrogen) atoms. The Morgan fingerprint density at radius 2 is 2.10 bits per heavy atom. The van der Waals surface area contributed by atoms with Gasteiger partial charge in [-0.25, -0.2) is 17.6 Å². The molecule has 1 N–H and O–H groups in total. The fraction of sp³-hybridized carbons (Fsp3) is 0.364. The van der Waals surface area contributed by atoms with Crippen molar-refractivity contribution in [3.8, 4) is 0 Å². The molecular formula is C11H10Cl2FNO5S. The van der Waals surface area contributed by atoms with E-state index in [2.05, 4.69) is 0 Å². The Morgan fingerprint density at radius 3 is 2.71 bits per heavy atom. The Bertz CT molecular complexity index is 681. The molecule has 1 aromatic carbocycles. The lowest BCUT2D eigenvalue weighted by molar-refractivity contribution is -0.153. The quantitative estimate of drug-likeness (QED) is 0.830. The van der Waals surface area contributed by atoms with E-state index < -0.39 is 37.8 Å². The summed E-state index contributed by atoms with van der Waals surface area (Å²) in [6.07, 6.45) is -1.27. The maximum absolute atomic E-state index is 13.6. The molecule has 10 heteroatoms. The molecule has 1 saturated heterocycles. The molecule has 0 aliphatic carbocycles. The number of halogens is 3. The van der Waals surface area contributed by atoms with E-state index in [1.54, 1.807) is 0 Å². The molecule has 116 valence electrons. The van der Waals surface area contributed by atoms with Crippen LogP contribution in [0.5, 0.6) is 0 Å². The van der Waals surface area contributed by atoms with E-state index in [-0.39, 0.29) is 24.7 Å². The molecule has 1 fully saturated rings. The fourth-order valence-corrected chi connectivity index (χ4v) is 3.98. The Labute approximate surface area is 130 Å². The smallest absolute Gasteiger partial charge is 0.334 e. The van der Waals surface area contributed by atoms with Crippen LogP contribution < -0.4 is 0 Å². The van der Waals surface area contributed by atoms with Gasteiger partial charge in [0.05, 0.1) is 23.2 Å². The van der Waals surface area contributed by atoms with Crippen LogP contribution in [0.15, 0.2) is 17.0 Å². The molecule has 0 saturated carbocycles. The zero-order valence-electron chi connectivity index (χ0n) is 10.4. The molecule has 6 nitrogen and oxygen atoms in total. The normalized spacial score (nSPS) is 20.4. The highest BCUT2D eigenvalue weighted by atomic mass is 35.5. The summed E-state index contributed by atoms with van der Waals surface area (Å²) in [6.45, 7) is -0.505. The predicted octanol–water partition coefficient (Wildman–Crippen LogP) is 1.61. The minimum atomic E-state index is -4.14. The highest BCUT2D eigenvalue weighted by molar-refractivity contribution is 7.89. The van der Waals surface area contributed by atoms with Crippen LogP contribution in [-0.4, -0.2) is 49.6 Å². The van der Waals surface area contributed by atoms with Crippen molar-refractivity contribution in [3.05, 3.63) is 28.0 Å². The van der Waals surface area contributed by atoms with Gasteiger partial charge in [0.2, 0.25) is 10.0 Å². The zero-order valence-corrected chi connectivity index (χ0v) is 12.8. The molecule has 1 atom stereocenters. The second-order valence-electron chi connectivity index (χ2n) is 4.23. The third kappa shape index (κ3) is 3.14. The summed E-state index contributed by atoms with van der Waals surface area (Å²) in [5.74, 6) is -2.31. The lowest BCUT2D eigenvalue weighted by atomic mass is 10.3. The Morgan fingerprint density at radius 1 is 1.43 bits per heavy atom. The molecule has 0 bridgehead atoms. The lowest BCUT2D eigenvalue weighted by Crippen LogP contribution is -2.48. The van der Waals surface area contributed by atoms with E-state index in [9.17, 15) is 17.6 Å². The van der Waals surface area contributed by atoms with Crippen molar-refractivity contribution in [3.63, 3.8) is 0 Å². The summed E-state index contributed by atoms with van der Waals surface area (Å²) in [7, 11) is -4.14. The minimum absolute atomic E-state index is 0.0489. The van der Waals surface area contributed by atoms with Gasteiger partial charge in [-0.05, 0) is 12.1 Å². The average molecular weight is 358 g/mol. The van der Waals surface area contributed by atoms with Crippen molar-refractivity contribution >= 4 is 39.2 Å². The van der Waals surface area contributed by atoms with Gasteiger partial charge >= 0.3 is 5.97 Å². The molecule has 1 unspecified atom stereocenters. The summed E-state index contributed by atoms with van der Waals surface area (Å²) in [4.78, 5) is 10.4. The number of hydrogen-bond acceptors (Lipinski definition) is 4. The van der Waals surface area contributed by atoms with Gasteiger partial charge < -0.3 is 9.84 Å². The van der Waals surface area contributed by atoms with E-state index >= 15 is 0 Å². The van der Waals surface area contributed by atoms with Gasteiger partial charge in [0, 0.05) is 6.54 Å². The van der Waals surface area contributed by atoms with Crippen LogP contribution in [0.1, 0.15) is 0 Å². The maximum atomic E-state index is 13.6. The summed E-state index contributed by atoms with van der Waals surface area (Å²) < 4.78 is 44.3. The number of nitrogens with zero attached hydrogens (tertiary/aromatic N) is 1. The fourth-order valence-electron chi connectivity index (χ4n) is 1.84. The third-order valence-corrected chi connectivity index (χ3v) is 5.60. The van der Waals surface area contributed by atoms with Crippen molar-refractivity contribution in [2.45, 2.75) is 11.0 Å². The number of sulfonamides is 1. The minimum Gasteiger partial charge on any atom is -0.479 e. The number of hydrogen-bond donors (Lipinski definition) is 1. The van der Waals surface area contributed by atoms with Gasteiger partial charge in [-0.2, -0.15) is 4.31 Å². The Kier molecular flexibility index (Phi) is 4.74. The van der Waals surface area contributed by atoms with Crippen molar-refractivity contribution in [2.24, 2.45) is 0 Å². The highest BCUT2D eigenvalue weighted by Crippen LogP contribution is 2.31. The van der Waals surface area contributed by atoms with Crippen LogP contribution in [-0.2, 0) is 19.6 Å². The summed E-state index contributed by atoms with van der Waals surface area (Å²) in [5.41, 5.74) is 0. The molecule has 0 aromatic heterocycles. The second-order valence-corrected chi connectivity index (χ2v) is 6.93. The van der Waals surface area contributed by atoms with Crippen LogP contribution in [0, 0.1) is 5.82 Å². The largest absolute Gasteiger partial charge is 0.479 e. The Balaban J connectivity index is 2.38. The average Bonchev–Trinajstić information content (AvgIpc) is 2.44. The first-order valence-corrected chi connectivity index (χ1v) is 7.93. The summed E-state index contributed by atoms with van der Waals surface area (Å²) in [6, 6.07) is 2.15. The van der Waals surface area contributed by atoms with Crippen LogP contribution in [0.3, 0.4) is 0 Å². The van der Waals surface area contributed by atoms with Gasteiger partial charge in [0.25, 0.3) is 0 Å².